The highest BCUT2D eigenvalue weighted by molar-refractivity contribution is 5.81. The molecule has 1 aromatic carbocycles. The van der Waals surface area contributed by atoms with Crippen LogP contribution in [0.3, 0.4) is 0 Å². The zero-order valence-electron chi connectivity index (χ0n) is 17.8. The van der Waals surface area contributed by atoms with E-state index in [4.69, 9.17) is 0 Å². The molecule has 0 unspecified atom stereocenters. The highest BCUT2D eigenvalue weighted by Gasteiger charge is 2.31. The number of hydrogen-bond acceptors (Lipinski definition) is 5. The molecule has 2 aromatic rings. The van der Waals surface area contributed by atoms with Crippen LogP contribution in [0.5, 0.6) is 0 Å². The van der Waals surface area contributed by atoms with Gasteiger partial charge < -0.3 is 5.32 Å². The molecule has 1 saturated heterocycles. The van der Waals surface area contributed by atoms with Crippen LogP contribution in [0.15, 0.2) is 41.4 Å². The van der Waals surface area contributed by atoms with Crippen molar-refractivity contribution in [3.63, 3.8) is 0 Å². The van der Waals surface area contributed by atoms with Gasteiger partial charge in [-0.05, 0) is 55.3 Å². The van der Waals surface area contributed by atoms with Crippen LogP contribution in [0.25, 0.3) is 17.2 Å². The average molecular weight is 407 g/mol. The Hall–Kier alpha value is -2.77. The van der Waals surface area contributed by atoms with Crippen molar-refractivity contribution in [2.75, 3.05) is 32.7 Å². The zero-order valence-corrected chi connectivity index (χ0v) is 17.8. The first kappa shape index (κ1) is 20.5. The number of amides is 1. The zero-order chi connectivity index (χ0) is 21.1. The van der Waals surface area contributed by atoms with E-state index in [1.54, 1.807) is 4.68 Å². The molecule has 2 heterocycles. The minimum atomic E-state index is -0.0467. The molecule has 7 nitrogen and oxygen atoms in total. The molecule has 2 fully saturated rings. The highest BCUT2D eigenvalue weighted by atomic mass is 16.2. The summed E-state index contributed by atoms with van der Waals surface area (Å²) < 4.78 is 1.78. The molecule has 0 radical (unpaired) electrons. The molecule has 1 aromatic heterocycles. The van der Waals surface area contributed by atoms with Crippen LogP contribution in [0.1, 0.15) is 24.0 Å². The summed E-state index contributed by atoms with van der Waals surface area (Å²) in [5, 5.41) is 7.16. The van der Waals surface area contributed by atoms with Gasteiger partial charge in [-0.2, -0.15) is 5.10 Å². The molecule has 1 amide bonds. The maximum Gasteiger partial charge on any atom is 0.239 e. The molecule has 1 N–H and O–H groups in total. The van der Waals surface area contributed by atoms with Crippen LogP contribution in [-0.4, -0.2) is 71.0 Å². The maximum absolute atomic E-state index is 12.6. The Morgan fingerprint density at radius 1 is 1.27 bits per heavy atom. The second-order valence-corrected chi connectivity index (χ2v) is 8.25. The smallest absolute Gasteiger partial charge is 0.239 e. The summed E-state index contributed by atoms with van der Waals surface area (Å²) >= 11 is 0. The van der Waals surface area contributed by atoms with Crippen molar-refractivity contribution in [1.29, 1.82) is 0 Å². The van der Waals surface area contributed by atoms with Gasteiger partial charge in [0.1, 0.15) is 5.82 Å². The molecule has 0 atom stereocenters. The fourth-order valence-electron chi connectivity index (χ4n) is 3.93. The van der Waals surface area contributed by atoms with Crippen LogP contribution in [0.2, 0.25) is 0 Å². The van der Waals surface area contributed by atoms with Crippen molar-refractivity contribution in [2.24, 2.45) is 12.0 Å². The lowest BCUT2D eigenvalue weighted by atomic mass is 10.0. The molecule has 0 spiro atoms. The second kappa shape index (κ2) is 8.93. The Labute approximate surface area is 178 Å². The minimum Gasteiger partial charge on any atom is -0.310 e. The van der Waals surface area contributed by atoms with Gasteiger partial charge in [-0.25, -0.2) is 4.99 Å². The summed E-state index contributed by atoms with van der Waals surface area (Å²) in [7, 11) is 1.90. The topological polar surface area (TPSA) is 65.8 Å². The van der Waals surface area contributed by atoms with E-state index < -0.39 is 0 Å². The third-order valence-electron chi connectivity index (χ3n) is 5.88. The van der Waals surface area contributed by atoms with Gasteiger partial charge in [0.2, 0.25) is 5.91 Å². The van der Waals surface area contributed by atoms with Gasteiger partial charge in [0.25, 0.3) is 0 Å². The van der Waals surface area contributed by atoms with Crippen molar-refractivity contribution in [1.82, 2.24) is 24.9 Å². The molecule has 158 valence electrons. The van der Waals surface area contributed by atoms with E-state index >= 15 is 0 Å². The molecular weight excluding hydrogens is 376 g/mol. The fraction of sp³-hybridized carbons (Fsp3) is 0.435. The van der Waals surface area contributed by atoms with Crippen LogP contribution in [0, 0.1) is 6.92 Å². The lowest BCUT2D eigenvalue weighted by Gasteiger charge is -2.34. The summed E-state index contributed by atoms with van der Waals surface area (Å²) in [5.41, 5.74) is 4.23. The molecule has 7 heteroatoms. The summed E-state index contributed by atoms with van der Waals surface area (Å²) in [6.07, 6.45) is 8.37. The van der Waals surface area contributed by atoms with E-state index in [2.05, 4.69) is 50.1 Å². The largest absolute Gasteiger partial charge is 0.310 e. The molecule has 4 rings (SSSR count). The number of benzene rings is 1. The van der Waals surface area contributed by atoms with E-state index in [9.17, 15) is 4.79 Å². The van der Waals surface area contributed by atoms with E-state index in [0.717, 1.165) is 54.5 Å². The molecule has 1 aliphatic carbocycles. The molecule has 1 saturated carbocycles. The Bertz CT molecular complexity index is 950. The van der Waals surface area contributed by atoms with Crippen molar-refractivity contribution in [3.8, 4) is 11.1 Å². The highest BCUT2D eigenvalue weighted by Crippen LogP contribution is 2.27. The van der Waals surface area contributed by atoms with Gasteiger partial charge >= 0.3 is 0 Å². The van der Waals surface area contributed by atoms with Gasteiger partial charge in [-0.3, -0.25) is 19.3 Å². The number of carbonyl (C=O) groups excluding carboxylic acids is 1. The fourth-order valence-corrected chi connectivity index (χ4v) is 3.93. The van der Waals surface area contributed by atoms with Gasteiger partial charge in [0.05, 0.1) is 12.7 Å². The summed E-state index contributed by atoms with van der Waals surface area (Å²) in [5.74, 6) is 0.428. The standard InChI is InChI=1S/C23H30N6O/c1-17-4-5-18(20-14-25-27(3)15-20)12-19(17)13-22(24-2)26-23(30)16-28-8-10-29(11-9-28)21-6-7-21/h4-5,12-15,21H,2,6-11,16H2,1,3H3,(H,26,30)/b22-13+. The first-order valence-corrected chi connectivity index (χ1v) is 10.6. The molecule has 30 heavy (non-hydrogen) atoms. The number of piperazine rings is 1. The van der Waals surface area contributed by atoms with Crippen LogP contribution in [-0.2, 0) is 11.8 Å². The Kier molecular flexibility index (Phi) is 6.11. The monoisotopic (exact) mass is 406 g/mol. The maximum atomic E-state index is 12.6. The number of nitrogens with one attached hydrogen (secondary N) is 1. The summed E-state index contributed by atoms with van der Waals surface area (Å²) in [4.78, 5) is 21.4. The number of aryl methyl sites for hydroxylation is 2. The second-order valence-electron chi connectivity index (χ2n) is 8.25. The molecular formula is C23H30N6O. The number of aliphatic imine (C=N–C) groups is 1. The number of rotatable bonds is 7. The van der Waals surface area contributed by atoms with Gasteiger partial charge in [0.15, 0.2) is 0 Å². The van der Waals surface area contributed by atoms with Crippen LogP contribution in [0.4, 0.5) is 0 Å². The molecule has 0 bridgehead atoms. The summed E-state index contributed by atoms with van der Waals surface area (Å²) in [6.45, 7) is 10.1. The van der Waals surface area contributed by atoms with E-state index in [1.165, 1.54) is 12.8 Å². The van der Waals surface area contributed by atoms with Gasteiger partial charge in [-0.1, -0.05) is 12.1 Å². The van der Waals surface area contributed by atoms with E-state index in [0.29, 0.717) is 12.4 Å². The third kappa shape index (κ3) is 5.04. The van der Waals surface area contributed by atoms with E-state index in [-0.39, 0.29) is 5.91 Å². The van der Waals surface area contributed by atoms with Crippen molar-refractivity contribution < 1.29 is 4.79 Å². The minimum absolute atomic E-state index is 0.0467. The number of hydrogen-bond donors (Lipinski definition) is 1. The SMILES string of the molecule is C=N/C(=C\c1cc(-c2cnn(C)c2)ccc1C)NC(=O)CN1CCN(C2CC2)CC1. The number of carbonyl (C=O) groups is 1. The quantitative estimate of drug-likeness (QED) is 0.717. The summed E-state index contributed by atoms with van der Waals surface area (Å²) in [6, 6.07) is 7.02. The lowest BCUT2D eigenvalue weighted by Crippen LogP contribution is -2.49. The van der Waals surface area contributed by atoms with Crippen LogP contribution < -0.4 is 5.32 Å². The molecule has 2 aliphatic rings. The van der Waals surface area contributed by atoms with Crippen molar-refractivity contribution in [2.45, 2.75) is 25.8 Å². The Morgan fingerprint density at radius 3 is 2.67 bits per heavy atom. The van der Waals surface area contributed by atoms with Crippen LogP contribution >= 0.6 is 0 Å². The Morgan fingerprint density at radius 2 is 2.03 bits per heavy atom. The number of aromatic nitrogens is 2. The van der Waals surface area contributed by atoms with E-state index in [1.807, 2.05) is 32.4 Å². The van der Waals surface area contributed by atoms with Gasteiger partial charge in [-0.15, -0.1) is 0 Å². The third-order valence-corrected chi connectivity index (χ3v) is 5.88. The van der Waals surface area contributed by atoms with Crippen molar-refractivity contribution >= 4 is 18.7 Å². The predicted octanol–water partition coefficient (Wildman–Crippen LogP) is 2.29. The van der Waals surface area contributed by atoms with Crippen molar-refractivity contribution in [3.05, 3.63) is 47.5 Å². The predicted molar refractivity (Wildman–Crippen MR) is 120 cm³/mol. The Balaban J connectivity index is 1.39. The lowest BCUT2D eigenvalue weighted by molar-refractivity contribution is -0.122. The first-order chi connectivity index (χ1) is 14.5. The first-order valence-electron chi connectivity index (χ1n) is 10.6. The average Bonchev–Trinajstić information content (AvgIpc) is 3.50. The molecule has 1 aliphatic heterocycles. The number of nitrogens with zero attached hydrogens (tertiary/aromatic N) is 5. The normalized spacial score (nSPS) is 18.4. The van der Waals surface area contributed by atoms with Gasteiger partial charge in [0, 0.05) is 51.0 Å².